The summed E-state index contributed by atoms with van der Waals surface area (Å²) in [6.45, 7) is 3.58. The van der Waals surface area contributed by atoms with Crippen molar-refractivity contribution in [3.63, 3.8) is 0 Å². The minimum atomic E-state index is -3.28. The molecule has 1 heterocycles. The third kappa shape index (κ3) is 2.97. The van der Waals surface area contributed by atoms with E-state index in [0.29, 0.717) is 33.2 Å². The molecule has 4 nitrogen and oxygen atoms in total. The third-order valence-corrected chi connectivity index (χ3v) is 8.21. The van der Waals surface area contributed by atoms with Crippen molar-refractivity contribution in [2.45, 2.75) is 19.6 Å². The highest BCUT2D eigenvalue weighted by Gasteiger charge is 2.41. The molecule has 0 fully saturated rings. The molecule has 0 aliphatic carbocycles. The van der Waals surface area contributed by atoms with E-state index in [4.69, 9.17) is 25.8 Å². The van der Waals surface area contributed by atoms with Gasteiger partial charge in [-0.05, 0) is 6.07 Å². The second-order valence-corrected chi connectivity index (χ2v) is 10.1. The Morgan fingerprint density at radius 1 is 0.893 bits per heavy atom. The second-order valence-electron chi connectivity index (χ2n) is 6.95. The van der Waals surface area contributed by atoms with Crippen LogP contribution in [-0.4, -0.2) is 12.9 Å². The van der Waals surface area contributed by atoms with E-state index in [2.05, 4.69) is 0 Å². The Bertz CT molecular complexity index is 1020. The molecule has 0 bridgehead atoms. The highest BCUT2D eigenvalue weighted by molar-refractivity contribution is 7.85. The standard InChI is InChI=1S/C22H20ClO4P/c1-22(2)26-20-17(25-3)14-18(19(23)21(20)27-22)28(24,15-10-6-4-7-11-15)16-12-8-5-9-13-16/h4-14H,1-3H3. The van der Waals surface area contributed by atoms with Crippen LogP contribution >= 0.6 is 18.7 Å². The summed E-state index contributed by atoms with van der Waals surface area (Å²) >= 11 is 6.76. The van der Waals surface area contributed by atoms with Gasteiger partial charge in [0.1, 0.15) is 0 Å². The summed E-state index contributed by atoms with van der Waals surface area (Å²) in [5.41, 5.74) is 0. The Morgan fingerprint density at radius 2 is 1.39 bits per heavy atom. The molecule has 0 saturated heterocycles. The summed E-state index contributed by atoms with van der Waals surface area (Å²) in [6.07, 6.45) is 0. The van der Waals surface area contributed by atoms with Gasteiger partial charge in [0.2, 0.25) is 11.5 Å². The second kappa shape index (κ2) is 6.88. The third-order valence-electron chi connectivity index (χ3n) is 4.62. The fraction of sp³-hybridized carbons (Fsp3) is 0.182. The van der Waals surface area contributed by atoms with E-state index in [0.717, 1.165) is 0 Å². The maximum atomic E-state index is 14.6. The summed E-state index contributed by atoms with van der Waals surface area (Å²) in [7, 11) is -1.74. The van der Waals surface area contributed by atoms with E-state index >= 15 is 0 Å². The summed E-state index contributed by atoms with van der Waals surface area (Å²) in [5.74, 6) is 0.329. The van der Waals surface area contributed by atoms with Gasteiger partial charge in [-0.15, -0.1) is 0 Å². The van der Waals surface area contributed by atoms with E-state index in [1.54, 1.807) is 19.9 Å². The van der Waals surface area contributed by atoms with Crippen molar-refractivity contribution >= 4 is 34.7 Å². The summed E-state index contributed by atoms with van der Waals surface area (Å²) in [5, 5.41) is 2.10. The minimum Gasteiger partial charge on any atom is -0.493 e. The van der Waals surface area contributed by atoms with Crippen LogP contribution in [-0.2, 0) is 4.57 Å². The number of hydrogen-bond acceptors (Lipinski definition) is 4. The SMILES string of the molecule is COc1cc(P(=O)(c2ccccc2)c2ccccc2)c(Cl)c2c1OC(C)(C)O2. The quantitative estimate of drug-likeness (QED) is 0.590. The molecule has 0 saturated carbocycles. The molecule has 0 unspecified atom stereocenters. The topological polar surface area (TPSA) is 44.8 Å². The molecule has 6 heteroatoms. The molecular weight excluding hydrogens is 395 g/mol. The first-order chi connectivity index (χ1) is 13.4. The lowest BCUT2D eigenvalue weighted by molar-refractivity contribution is -0.0439. The van der Waals surface area contributed by atoms with Gasteiger partial charge in [0.05, 0.1) is 12.1 Å². The summed E-state index contributed by atoms with van der Waals surface area (Å²) in [4.78, 5) is 0. The van der Waals surface area contributed by atoms with Crippen molar-refractivity contribution in [2.75, 3.05) is 7.11 Å². The molecule has 3 aromatic rings. The van der Waals surface area contributed by atoms with Crippen LogP contribution < -0.4 is 30.1 Å². The first-order valence-corrected chi connectivity index (χ1v) is 11.0. The lowest BCUT2D eigenvalue weighted by Gasteiger charge is -2.22. The van der Waals surface area contributed by atoms with Crippen molar-refractivity contribution in [1.82, 2.24) is 0 Å². The fourth-order valence-electron chi connectivity index (χ4n) is 3.37. The Kier molecular flexibility index (Phi) is 4.65. The predicted octanol–water partition coefficient (Wildman–Crippen LogP) is 4.50. The average molecular weight is 415 g/mol. The molecule has 4 rings (SSSR count). The van der Waals surface area contributed by atoms with Crippen LogP contribution in [0.2, 0.25) is 5.02 Å². The van der Waals surface area contributed by atoms with E-state index in [1.807, 2.05) is 60.7 Å². The Balaban J connectivity index is 2.04. The lowest BCUT2D eigenvalue weighted by atomic mass is 10.3. The molecule has 0 atom stereocenters. The van der Waals surface area contributed by atoms with Crippen LogP contribution in [0.25, 0.3) is 0 Å². The van der Waals surface area contributed by atoms with E-state index in [1.165, 1.54) is 7.11 Å². The van der Waals surface area contributed by atoms with Gasteiger partial charge in [0, 0.05) is 29.8 Å². The van der Waals surface area contributed by atoms with E-state index in [9.17, 15) is 4.57 Å². The first-order valence-electron chi connectivity index (χ1n) is 8.87. The Morgan fingerprint density at radius 3 is 1.89 bits per heavy atom. The zero-order valence-corrected chi connectivity index (χ0v) is 17.5. The van der Waals surface area contributed by atoms with Gasteiger partial charge in [0.15, 0.2) is 18.6 Å². The van der Waals surface area contributed by atoms with Crippen LogP contribution in [0.1, 0.15) is 13.8 Å². The number of halogens is 1. The molecule has 3 aromatic carbocycles. The van der Waals surface area contributed by atoms with Crippen LogP contribution in [0.5, 0.6) is 17.2 Å². The van der Waals surface area contributed by atoms with Gasteiger partial charge < -0.3 is 18.8 Å². The normalized spacial score (nSPS) is 14.7. The lowest BCUT2D eigenvalue weighted by Crippen LogP contribution is -2.30. The number of fused-ring (bicyclic) bond motifs is 1. The molecule has 28 heavy (non-hydrogen) atoms. The van der Waals surface area contributed by atoms with E-state index in [-0.39, 0.29) is 5.02 Å². The molecule has 0 radical (unpaired) electrons. The molecule has 144 valence electrons. The Labute approximate surface area is 169 Å². The van der Waals surface area contributed by atoms with Crippen molar-refractivity contribution in [3.8, 4) is 17.2 Å². The van der Waals surface area contributed by atoms with Crippen molar-refractivity contribution in [1.29, 1.82) is 0 Å². The highest BCUT2D eigenvalue weighted by atomic mass is 35.5. The minimum absolute atomic E-state index is 0.275. The van der Waals surface area contributed by atoms with Crippen LogP contribution in [0.15, 0.2) is 66.7 Å². The Hall–Kier alpha value is -2.42. The molecule has 1 aliphatic rings. The predicted molar refractivity (Wildman–Crippen MR) is 113 cm³/mol. The first kappa shape index (κ1) is 18.9. The molecule has 0 amide bonds. The number of ether oxygens (including phenoxy) is 3. The van der Waals surface area contributed by atoms with Crippen molar-refractivity contribution in [3.05, 3.63) is 71.8 Å². The fourth-order valence-corrected chi connectivity index (χ4v) is 6.62. The maximum absolute atomic E-state index is 14.6. The van der Waals surface area contributed by atoms with Gasteiger partial charge >= 0.3 is 0 Å². The van der Waals surface area contributed by atoms with Gasteiger partial charge in [-0.1, -0.05) is 72.3 Å². The number of rotatable bonds is 4. The summed E-state index contributed by atoms with van der Waals surface area (Å²) in [6, 6.07) is 20.4. The molecule has 0 N–H and O–H groups in total. The van der Waals surface area contributed by atoms with Gasteiger partial charge in [0.25, 0.3) is 0 Å². The van der Waals surface area contributed by atoms with E-state index < -0.39 is 12.9 Å². The smallest absolute Gasteiger partial charge is 0.246 e. The van der Waals surface area contributed by atoms with Crippen LogP contribution in [0.3, 0.4) is 0 Å². The molecule has 0 spiro atoms. The zero-order chi connectivity index (χ0) is 19.9. The van der Waals surface area contributed by atoms with Crippen molar-refractivity contribution in [2.24, 2.45) is 0 Å². The van der Waals surface area contributed by atoms with Gasteiger partial charge in [-0.25, -0.2) is 0 Å². The van der Waals surface area contributed by atoms with Gasteiger partial charge in [-0.2, -0.15) is 0 Å². The number of hydrogen-bond donors (Lipinski definition) is 0. The maximum Gasteiger partial charge on any atom is 0.246 e. The molecule has 1 aliphatic heterocycles. The monoisotopic (exact) mass is 414 g/mol. The number of benzene rings is 3. The largest absolute Gasteiger partial charge is 0.493 e. The highest BCUT2D eigenvalue weighted by Crippen LogP contribution is 2.54. The van der Waals surface area contributed by atoms with Crippen molar-refractivity contribution < 1.29 is 18.8 Å². The summed E-state index contributed by atoms with van der Waals surface area (Å²) < 4.78 is 31.9. The zero-order valence-electron chi connectivity index (χ0n) is 15.8. The van der Waals surface area contributed by atoms with Gasteiger partial charge in [-0.3, -0.25) is 0 Å². The van der Waals surface area contributed by atoms with Crippen LogP contribution in [0, 0.1) is 0 Å². The number of methoxy groups -OCH3 is 1. The molecular formula is C22H20ClO4P. The van der Waals surface area contributed by atoms with Crippen LogP contribution in [0.4, 0.5) is 0 Å². The average Bonchev–Trinajstić information content (AvgIpc) is 3.05. The molecule has 0 aromatic heterocycles.